The van der Waals surface area contributed by atoms with Gasteiger partial charge in [-0.05, 0) is 24.1 Å². The molecule has 1 heterocycles. The van der Waals surface area contributed by atoms with Crippen LogP contribution in [0.15, 0.2) is 54.7 Å². The molecule has 0 radical (unpaired) electrons. The van der Waals surface area contributed by atoms with Crippen molar-refractivity contribution in [3.05, 3.63) is 66.0 Å². The second-order valence-corrected chi connectivity index (χ2v) is 5.06. The lowest BCUT2D eigenvalue weighted by atomic mass is 10.1. The van der Waals surface area contributed by atoms with Crippen LogP contribution in [-0.4, -0.2) is 22.9 Å². The highest BCUT2D eigenvalue weighted by Gasteiger charge is 2.16. The maximum absolute atomic E-state index is 11.8. The largest absolute Gasteiger partial charge is 0.341 e. The van der Waals surface area contributed by atoms with E-state index in [1.807, 2.05) is 36.4 Å². The van der Waals surface area contributed by atoms with E-state index < -0.39 is 17.9 Å². The average molecular weight is 313 g/mol. The maximum atomic E-state index is 11.8. The van der Waals surface area contributed by atoms with Crippen LogP contribution >= 0.6 is 0 Å². The summed E-state index contributed by atoms with van der Waals surface area (Å²) in [7, 11) is 0. The van der Waals surface area contributed by atoms with E-state index in [1.54, 1.807) is 18.3 Å². The van der Waals surface area contributed by atoms with E-state index in [-0.39, 0.29) is 12.8 Å². The second kappa shape index (κ2) is 8.65. The van der Waals surface area contributed by atoms with Crippen LogP contribution in [0.4, 0.5) is 0 Å². The van der Waals surface area contributed by atoms with Crippen LogP contribution in [0.3, 0.4) is 0 Å². The lowest BCUT2D eigenvalue weighted by molar-refractivity contribution is -0.158. The molecule has 0 bridgehead atoms. The molecule has 0 aliphatic heterocycles. The molecule has 1 atom stereocenters. The predicted octanol–water partition coefficient (Wildman–Crippen LogP) is 1.16. The highest BCUT2D eigenvalue weighted by Crippen LogP contribution is 2.03. The summed E-state index contributed by atoms with van der Waals surface area (Å²) < 4.78 is 0. The molecule has 0 unspecified atom stereocenters. The van der Waals surface area contributed by atoms with Crippen LogP contribution in [0.2, 0.25) is 0 Å². The van der Waals surface area contributed by atoms with Gasteiger partial charge in [0.1, 0.15) is 0 Å². The van der Waals surface area contributed by atoms with E-state index in [1.165, 1.54) is 0 Å². The lowest BCUT2D eigenvalue weighted by Crippen LogP contribution is -2.43. The van der Waals surface area contributed by atoms with Gasteiger partial charge >= 0.3 is 5.97 Å². The smallest absolute Gasteiger partial charge is 0.332 e. The third kappa shape index (κ3) is 5.88. The van der Waals surface area contributed by atoms with E-state index in [0.717, 1.165) is 5.56 Å². The van der Waals surface area contributed by atoms with Crippen molar-refractivity contribution >= 4 is 11.9 Å². The van der Waals surface area contributed by atoms with Gasteiger partial charge in [0.2, 0.25) is 0 Å². The van der Waals surface area contributed by atoms with Crippen molar-refractivity contribution in [2.24, 2.45) is 5.73 Å². The Labute approximate surface area is 134 Å². The summed E-state index contributed by atoms with van der Waals surface area (Å²) in [5.41, 5.74) is 9.58. The Kier molecular flexibility index (Phi) is 6.26. The molecule has 1 aromatic carbocycles. The number of amides is 1. The van der Waals surface area contributed by atoms with Crippen LogP contribution in [-0.2, 0) is 27.3 Å². The summed E-state index contributed by atoms with van der Waals surface area (Å²) in [6.45, 7) is 0. The topological polar surface area (TPSA) is 94.3 Å². The standard InChI is InChI=1S/C17H19N3O3/c18-15(12-14-8-4-5-11-19-14)17(22)20-23-16(21)10-9-13-6-2-1-3-7-13/h1-8,11,15H,9-10,12,18H2,(H,20,22)/t15-/m0/s1. The van der Waals surface area contributed by atoms with Gasteiger partial charge in [-0.1, -0.05) is 36.4 Å². The number of pyridine rings is 1. The summed E-state index contributed by atoms with van der Waals surface area (Å²) in [5.74, 6) is -1.06. The van der Waals surface area contributed by atoms with Gasteiger partial charge in [0.15, 0.2) is 0 Å². The molecular formula is C17H19N3O3. The predicted molar refractivity (Wildman–Crippen MR) is 84.9 cm³/mol. The fraction of sp³-hybridized carbons (Fsp3) is 0.235. The summed E-state index contributed by atoms with van der Waals surface area (Å²) in [6, 6.07) is 14.1. The molecule has 23 heavy (non-hydrogen) atoms. The number of nitrogens with two attached hydrogens (primary N) is 1. The minimum atomic E-state index is -0.827. The summed E-state index contributed by atoms with van der Waals surface area (Å²) in [6.07, 6.45) is 2.63. The highest BCUT2D eigenvalue weighted by atomic mass is 16.7. The first kappa shape index (κ1) is 16.6. The molecule has 2 aromatic rings. The Balaban J connectivity index is 1.70. The minimum Gasteiger partial charge on any atom is -0.341 e. The second-order valence-electron chi connectivity index (χ2n) is 5.06. The zero-order valence-corrected chi connectivity index (χ0v) is 12.6. The zero-order chi connectivity index (χ0) is 16.5. The Morgan fingerprint density at radius 1 is 1.13 bits per heavy atom. The monoisotopic (exact) mass is 313 g/mol. The van der Waals surface area contributed by atoms with Crippen molar-refractivity contribution in [3.8, 4) is 0 Å². The third-order valence-electron chi connectivity index (χ3n) is 3.22. The number of carbonyl (C=O) groups excluding carboxylic acids is 2. The number of aromatic nitrogens is 1. The molecule has 1 aromatic heterocycles. The van der Waals surface area contributed by atoms with Crippen LogP contribution in [0.25, 0.3) is 0 Å². The zero-order valence-electron chi connectivity index (χ0n) is 12.6. The van der Waals surface area contributed by atoms with Gasteiger partial charge in [-0.3, -0.25) is 9.78 Å². The van der Waals surface area contributed by atoms with Crippen LogP contribution in [0.5, 0.6) is 0 Å². The molecule has 2 rings (SSSR count). The van der Waals surface area contributed by atoms with E-state index in [2.05, 4.69) is 10.5 Å². The average Bonchev–Trinajstić information content (AvgIpc) is 2.59. The van der Waals surface area contributed by atoms with Crippen molar-refractivity contribution < 1.29 is 14.4 Å². The van der Waals surface area contributed by atoms with Crippen molar-refractivity contribution in [2.45, 2.75) is 25.3 Å². The quantitative estimate of drug-likeness (QED) is 0.780. The van der Waals surface area contributed by atoms with Gasteiger partial charge in [-0.2, -0.15) is 5.48 Å². The first-order valence-corrected chi connectivity index (χ1v) is 7.34. The van der Waals surface area contributed by atoms with Gasteiger partial charge in [0.05, 0.1) is 12.5 Å². The van der Waals surface area contributed by atoms with E-state index in [4.69, 9.17) is 10.6 Å². The van der Waals surface area contributed by atoms with Gasteiger partial charge in [-0.15, -0.1) is 0 Å². The number of carbonyl (C=O) groups is 2. The minimum absolute atomic E-state index is 0.180. The molecule has 0 spiro atoms. The molecule has 0 aliphatic rings. The molecule has 0 aliphatic carbocycles. The Morgan fingerprint density at radius 3 is 2.57 bits per heavy atom. The number of hydrogen-bond donors (Lipinski definition) is 2. The van der Waals surface area contributed by atoms with Gasteiger partial charge in [0, 0.05) is 18.3 Å². The van der Waals surface area contributed by atoms with Crippen molar-refractivity contribution in [1.29, 1.82) is 0 Å². The molecule has 0 saturated heterocycles. The van der Waals surface area contributed by atoms with Gasteiger partial charge in [-0.25, -0.2) is 4.79 Å². The molecule has 120 valence electrons. The SMILES string of the molecule is N[C@@H](Cc1ccccn1)C(=O)NOC(=O)CCc1ccccc1. The Morgan fingerprint density at radius 2 is 1.87 bits per heavy atom. The summed E-state index contributed by atoms with van der Waals surface area (Å²) >= 11 is 0. The van der Waals surface area contributed by atoms with E-state index in [9.17, 15) is 9.59 Å². The Bertz CT molecular complexity index is 632. The van der Waals surface area contributed by atoms with E-state index in [0.29, 0.717) is 12.1 Å². The van der Waals surface area contributed by atoms with Crippen LogP contribution in [0, 0.1) is 0 Å². The first-order chi connectivity index (χ1) is 11.1. The van der Waals surface area contributed by atoms with Crippen molar-refractivity contribution in [1.82, 2.24) is 10.5 Å². The molecular weight excluding hydrogens is 294 g/mol. The van der Waals surface area contributed by atoms with Gasteiger partial charge < -0.3 is 10.6 Å². The fourth-order valence-corrected chi connectivity index (χ4v) is 1.96. The van der Waals surface area contributed by atoms with Crippen molar-refractivity contribution in [3.63, 3.8) is 0 Å². The first-order valence-electron chi connectivity index (χ1n) is 7.34. The number of rotatable bonds is 6. The number of benzene rings is 1. The molecule has 6 heteroatoms. The number of aryl methyl sites for hydroxylation is 1. The molecule has 3 N–H and O–H groups in total. The molecule has 0 saturated carbocycles. The maximum Gasteiger partial charge on any atom is 0.332 e. The Hall–Kier alpha value is -2.73. The van der Waals surface area contributed by atoms with Crippen molar-refractivity contribution in [2.75, 3.05) is 0 Å². The third-order valence-corrected chi connectivity index (χ3v) is 3.22. The number of nitrogens with zero attached hydrogens (tertiary/aromatic N) is 1. The molecule has 0 fully saturated rings. The lowest BCUT2D eigenvalue weighted by Gasteiger charge is -2.11. The molecule has 1 amide bonds. The van der Waals surface area contributed by atoms with Gasteiger partial charge in [0.25, 0.3) is 5.91 Å². The fourth-order valence-electron chi connectivity index (χ4n) is 1.96. The van der Waals surface area contributed by atoms with Crippen LogP contribution in [0.1, 0.15) is 17.7 Å². The summed E-state index contributed by atoms with van der Waals surface area (Å²) in [4.78, 5) is 32.2. The van der Waals surface area contributed by atoms with Crippen LogP contribution < -0.4 is 11.2 Å². The molecule has 6 nitrogen and oxygen atoms in total. The number of nitrogens with one attached hydrogen (secondary N) is 1. The number of hydrogen-bond acceptors (Lipinski definition) is 5. The highest BCUT2D eigenvalue weighted by molar-refractivity contribution is 5.82. The van der Waals surface area contributed by atoms with E-state index >= 15 is 0 Å². The summed E-state index contributed by atoms with van der Waals surface area (Å²) in [5, 5.41) is 0. The number of hydroxylamine groups is 1. The normalized spacial score (nSPS) is 11.5.